The minimum Gasteiger partial charge on any atom is -0.266 e. The van der Waals surface area contributed by atoms with Crippen LogP contribution in [0.15, 0.2) is 34.9 Å². The number of hydrogen-bond donors (Lipinski definition) is 1. The van der Waals surface area contributed by atoms with Gasteiger partial charge in [0.2, 0.25) is 0 Å². The zero-order chi connectivity index (χ0) is 17.8. The first-order valence-corrected chi connectivity index (χ1v) is 9.48. The van der Waals surface area contributed by atoms with Crippen LogP contribution in [0.2, 0.25) is 5.02 Å². The molecule has 1 aromatic carbocycles. The molecule has 1 fully saturated rings. The predicted molar refractivity (Wildman–Crippen MR) is 101 cm³/mol. The highest BCUT2D eigenvalue weighted by atomic mass is 35.5. The van der Waals surface area contributed by atoms with E-state index in [0.717, 1.165) is 12.3 Å². The van der Waals surface area contributed by atoms with Gasteiger partial charge in [0.15, 0.2) is 0 Å². The van der Waals surface area contributed by atoms with Crippen LogP contribution in [-0.2, 0) is 0 Å². The summed E-state index contributed by atoms with van der Waals surface area (Å²) in [5.41, 5.74) is 4.06. The van der Waals surface area contributed by atoms with Crippen molar-refractivity contribution in [1.82, 2.24) is 5.43 Å². The van der Waals surface area contributed by atoms with Gasteiger partial charge in [-0.25, -0.2) is 9.82 Å². The Morgan fingerprint density at radius 3 is 3.00 bits per heavy atom. The Morgan fingerprint density at radius 2 is 2.28 bits per heavy atom. The van der Waals surface area contributed by atoms with Crippen molar-refractivity contribution in [2.24, 2.45) is 22.4 Å². The van der Waals surface area contributed by atoms with Crippen LogP contribution < -0.4 is 5.43 Å². The molecule has 25 heavy (non-hydrogen) atoms. The number of rotatable bonds is 3. The summed E-state index contributed by atoms with van der Waals surface area (Å²) in [5, 5.41) is 5.14. The van der Waals surface area contributed by atoms with E-state index in [1.807, 2.05) is 0 Å². The molecule has 2 atom stereocenters. The topological polar surface area (TPSA) is 41.5 Å². The number of thiophene rings is 1. The smallest absolute Gasteiger partial charge is 0.266 e. The number of allylic oxidation sites excluding steroid dienone is 2. The first-order chi connectivity index (χ1) is 11.9. The van der Waals surface area contributed by atoms with Gasteiger partial charge in [-0.2, -0.15) is 5.10 Å². The minimum atomic E-state index is -0.370. The van der Waals surface area contributed by atoms with Crippen molar-refractivity contribution in [2.75, 3.05) is 0 Å². The summed E-state index contributed by atoms with van der Waals surface area (Å²) in [5.74, 6) is 0.566. The lowest BCUT2D eigenvalue weighted by atomic mass is 9.49. The van der Waals surface area contributed by atoms with Gasteiger partial charge in [0.05, 0.1) is 11.2 Å². The van der Waals surface area contributed by atoms with Gasteiger partial charge in [0.1, 0.15) is 10.7 Å². The Kier molecular flexibility index (Phi) is 3.96. The van der Waals surface area contributed by atoms with Gasteiger partial charge >= 0.3 is 0 Å². The third-order valence-corrected chi connectivity index (χ3v) is 7.34. The molecule has 5 rings (SSSR count). The molecule has 1 heterocycles. The zero-order valence-electron chi connectivity index (χ0n) is 14.0. The van der Waals surface area contributed by atoms with Crippen LogP contribution in [0, 0.1) is 23.1 Å². The molecule has 0 aliphatic heterocycles. The Morgan fingerprint density at radius 1 is 1.48 bits per heavy atom. The standard InChI is InChI=1S/C19H18ClFN2OS/c1-19(2)11-4-3-10(14(19)7-11)9-22-23-18(24)17-16(20)13-6-5-12(21)8-15(13)25-17/h3,5-6,8-9,11,14H,4,7H2,1-2H3,(H,23,24). The molecule has 1 amide bonds. The van der Waals surface area contributed by atoms with Crippen LogP contribution in [0.1, 0.15) is 36.4 Å². The highest BCUT2D eigenvalue weighted by Gasteiger charge is 2.50. The number of nitrogens with one attached hydrogen (secondary N) is 1. The van der Waals surface area contributed by atoms with Crippen LogP contribution in [0.4, 0.5) is 4.39 Å². The second-order valence-electron chi connectivity index (χ2n) is 7.33. The van der Waals surface area contributed by atoms with Crippen LogP contribution in [0.3, 0.4) is 0 Å². The molecule has 3 aliphatic carbocycles. The number of hydrogen-bond acceptors (Lipinski definition) is 3. The van der Waals surface area contributed by atoms with E-state index < -0.39 is 0 Å². The van der Waals surface area contributed by atoms with Gasteiger partial charge in [-0.15, -0.1) is 11.3 Å². The van der Waals surface area contributed by atoms with Crippen molar-refractivity contribution in [3.05, 3.63) is 45.6 Å². The number of benzene rings is 1. The van der Waals surface area contributed by atoms with Gasteiger partial charge in [0.25, 0.3) is 5.91 Å². The molecule has 2 unspecified atom stereocenters. The summed E-state index contributed by atoms with van der Waals surface area (Å²) in [6.07, 6.45) is 6.24. The lowest BCUT2D eigenvalue weighted by Gasteiger charge is -2.55. The van der Waals surface area contributed by atoms with Gasteiger partial charge in [-0.3, -0.25) is 4.79 Å². The average molecular weight is 377 g/mol. The van der Waals surface area contributed by atoms with Crippen molar-refractivity contribution in [3.8, 4) is 0 Å². The molecule has 1 saturated carbocycles. The molecule has 2 bridgehead atoms. The number of fused-ring (bicyclic) bond motifs is 2. The fourth-order valence-electron chi connectivity index (χ4n) is 3.95. The lowest BCUT2D eigenvalue weighted by Crippen LogP contribution is -2.48. The molecular formula is C19H18ClFN2OS. The molecule has 1 aromatic heterocycles. The fourth-order valence-corrected chi connectivity index (χ4v) is 5.38. The Bertz CT molecular complexity index is 931. The molecule has 2 aromatic rings. The predicted octanol–water partition coefficient (Wildman–Crippen LogP) is 5.40. The van der Waals surface area contributed by atoms with Crippen molar-refractivity contribution in [3.63, 3.8) is 0 Å². The van der Waals surface area contributed by atoms with E-state index in [1.54, 1.807) is 12.3 Å². The number of halogens is 2. The van der Waals surface area contributed by atoms with E-state index in [0.29, 0.717) is 31.3 Å². The van der Waals surface area contributed by atoms with Crippen LogP contribution in [-0.4, -0.2) is 12.1 Å². The maximum absolute atomic E-state index is 13.3. The summed E-state index contributed by atoms with van der Waals surface area (Å²) in [4.78, 5) is 12.7. The largest absolute Gasteiger partial charge is 0.283 e. The quantitative estimate of drug-likeness (QED) is 0.565. The van der Waals surface area contributed by atoms with E-state index in [9.17, 15) is 9.18 Å². The van der Waals surface area contributed by atoms with Crippen LogP contribution >= 0.6 is 22.9 Å². The molecule has 3 nitrogen and oxygen atoms in total. The van der Waals surface area contributed by atoms with Crippen molar-refractivity contribution in [1.29, 1.82) is 0 Å². The van der Waals surface area contributed by atoms with E-state index in [2.05, 4.69) is 30.5 Å². The molecule has 6 heteroatoms. The maximum Gasteiger partial charge on any atom is 0.283 e. The number of carbonyl (C=O) groups excluding carboxylic acids is 1. The maximum atomic E-state index is 13.3. The summed E-state index contributed by atoms with van der Waals surface area (Å²) in [7, 11) is 0. The molecule has 1 N–H and O–H groups in total. The van der Waals surface area contributed by atoms with Crippen molar-refractivity contribution < 1.29 is 9.18 Å². The second-order valence-corrected chi connectivity index (χ2v) is 8.76. The van der Waals surface area contributed by atoms with E-state index in [1.165, 1.54) is 35.5 Å². The summed E-state index contributed by atoms with van der Waals surface area (Å²) in [6, 6.07) is 4.31. The molecule has 0 saturated heterocycles. The first-order valence-electron chi connectivity index (χ1n) is 8.29. The van der Waals surface area contributed by atoms with Gasteiger partial charge < -0.3 is 0 Å². The number of amides is 1. The molecule has 3 aliphatic rings. The van der Waals surface area contributed by atoms with Gasteiger partial charge in [-0.1, -0.05) is 31.5 Å². The third-order valence-electron chi connectivity index (χ3n) is 5.69. The van der Waals surface area contributed by atoms with Crippen LogP contribution in [0.25, 0.3) is 10.1 Å². The first kappa shape index (κ1) is 16.7. The molecule has 0 spiro atoms. The third kappa shape index (κ3) is 2.70. The van der Waals surface area contributed by atoms with Gasteiger partial charge in [-0.05, 0) is 53.9 Å². The summed E-state index contributed by atoms with van der Waals surface area (Å²) in [6.45, 7) is 4.59. The van der Waals surface area contributed by atoms with Crippen LogP contribution in [0.5, 0.6) is 0 Å². The highest BCUT2D eigenvalue weighted by Crippen LogP contribution is 2.58. The number of nitrogens with zero attached hydrogens (tertiary/aromatic N) is 1. The van der Waals surface area contributed by atoms with E-state index >= 15 is 0 Å². The van der Waals surface area contributed by atoms with Crippen molar-refractivity contribution >= 4 is 45.1 Å². The minimum absolute atomic E-state index is 0.318. The second kappa shape index (κ2) is 5.92. The Balaban J connectivity index is 1.50. The molecule has 130 valence electrons. The highest BCUT2D eigenvalue weighted by molar-refractivity contribution is 7.21. The Labute approximate surface area is 154 Å². The van der Waals surface area contributed by atoms with Crippen molar-refractivity contribution in [2.45, 2.75) is 26.7 Å². The number of carbonyl (C=O) groups is 1. The molecule has 0 radical (unpaired) electrons. The average Bonchev–Trinajstić information content (AvgIpc) is 2.91. The number of hydrazone groups is 1. The fraction of sp³-hybridized carbons (Fsp3) is 0.368. The lowest BCUT2D eigenvalue weighted by molar-refractivity contribution is -0.00126. The molecular weight excluding hydrogens is 359 g/mol. The zero-order valence-corrected chi connectivity index (χ0v) is 15.5. The normalized spacial score (nSPS) is 24.2. The summed E-state index contributed by atoms with van der Waals surface area (Å²) < 4.78 is 14.0. The Hall–Kier alpha value is -1.72. The summed E-state index contributed by atoms with van der Waals surface area (Å²) >= 11 is 7.43. The van der Waals surface area contributed by atoms with Gasteiger partial charge in [0, 0.05) is 10.1 Å². The SMILES string of the molecule is CC1(C)C2CC=C(C=NNC(=O)c3sc4cc(F)ccc4c3Cl)C1C2. The van der Waals surface area contributed by atoms with E-state index in [4.69, 9.17) is 11.6 Å². The monoisotopic (exact) mass is 376 g/mol. The van der Waals surface area contributed by atoms with E-state index in [-0.39, 0.29) is 11.7 Å².